The number of fused-ring (bicyclic) bond motifs is 2. The van der Waals surface area contributed by atoms with Crippen LogP contribution in [-0.2, 0) is 7.05 Å². The van der Waals surface area contributed by atoms with Crippen molar-refractivity contribution in [3.05, 3.63) is 54.9 Å². The zero-order chi connectivity index (χ0) is 18.2. The number of benzene rings is 2. The molecule has 134 valence electrons. The summed E-state index contributed by atoms with van der Waals surface area (Å²) in [5.74, 6) is 3.47. The molecule has 0 unspecified atom stereocenters. The van der Waals surface area contributed by atoms with Gasteiger partial charge in [0.15, 0.2) is 11.5 Å². The van der Waals surface area contributed by atoms with Gasteiger partial charge in [-0.05, 0) is 24.3 Å². The maximum Gasteiger partial charge on any atom is 0.231 e. The van der Waals surface area contributed by atoms with Crippen LogP contribution < -0.4 is 20.1 Å². The number of ether oxygens (including phenoxy) is 2. The Labute approximate surface area is 154 Å². The molecule has 0 radical (unpaired) electrons. The van der Waals surface area contributed by atoms with Crippen LogP contribution in [0.2, 0.25) is 0 Å². The van der Waals surface area contributed by atoms with Crippen molar-refractivity contribution in [1.29, 1.82) is 0 Å². The van der Waals surface area contributed by atoms with E-state index in [0.717, 1.165) is 22.5 Å². The molecule has 1 aliphatic heterocycles. The molecular weight excluding hydrogens is 344 g/mol. The third-order valence-corrected chi connectivity index (χ3v) is 4.34. The quantitative estimate of drug-likeness (QED) is 0.575. The number of aromatic nitrogens is 4. The van der Waals surface area contributed by atoms with E-state index in [1.165, 1.54) is 6.33 Å². The minimum absolute atomic E-state index is 0.248. The molecule has 0 saturated carbocycles. The highest BCUT2D eigenvalue weighted by Gasteiger charge is 2.14. The number of hydrogen-bond acceptors (Lipinski definition) is 7. The molecule has 2 N–H and O–H groups in total. The maximum atomic E-state index is 5.40. The van der Waals surface area contributed by atoms with E-state index in [4.69, 9.17) is 9.47 Å². The summed E-state index contributed by atoms with van der Waals surface area (Å²) in [5.41, 5.74) is 2.83. The molecule has 0 atom stereocenters. The Morgan fingerprint density at radius 2 is 1.74 bits per heavy atom. The maximum absolute atomic E-state index is 5.40. The second-order valence-corrected chi connectivity index (χ2v) is 6.09. The van der Waals surface area contributed by atoms with Crippen molar-refractivity contribution in [3.63, 3.8) is 0 Å². The fraction of sp³-hybridized carbons (Fsp3) is 0.105. The van der Waals surface area contributed by atoms with Crippen LogP contribution in [0.15, 0.2) is 54.9 Å². The molecule has 8 nitrogen and oxygen atoms in total. The Bertz CT molecular complexity index is 1140. The summed E-state index contributed by atoms with van der Waals surface area (Å²) < 4.78 is 12.7. The molecule has 8 heteroatoms. The molecule has 3 heterocycles. The van der Waals surface area contributed by atoms with Gasteiger partial charge in [0, 0.05) is 24.9 Å². The van der Waals surface area contributed by atoms with E-state index in [2.05, 4.69) is 25.6 Å². The van der Waals surface area contributed by atoms with Crippen molar-refractivity contribution in [2.45, 2.75) is 0 Å². The Balaban J connectivity index is 1.39. The first-order valence-corrected chi connectivity index (χ1v) is 8.43. The molecule has 0 fully saturated rings. The average Bonchev–Trinajstić information content (AvgIpc) is 3.27. The first-order valence-electron chi connectivity index (χ1n) is 8.43. The molecule has 2 aromatic carbocycles. The standard InChI is InChI=1S/C19H16N6O2/c1-25-14-5-3-2-4-13(14)23-19(25)24-18-9-17(20-10-21-18)22-12-6-7-15-16(8-12)27-11-26-15/h2-10H,11H2,1H3,(H2,20,21,22,23,24). The van der Waals surface area contributed by atoms with Crippen molar-refractivity contribution < 1.29 is 9.47 Å². The second kappa shape index (κ2) is 6.17. The zero-order valence-corrected chi connectivity index (χ0v) is 14.5. The molecule has 0 bridgehead atoms. The van der Waals surface area contributed by atoms with E-state index >= 15 is 0 Å². The smallest absolute Gasteiger partial charge is 0.231 e. The molecule has 1 aliphatic rings. The summed E-state index contributed by atoms with van der Waals surface area (Å²) >= 11 is 0. The monoisotopic (exact) mass is 360 g/mol. The molecule has 27 heavy (non-hydrogen) atoms. The number of aryl methyl sites for hydroxylation is 1. The molecule has 0 amide bonds. The normalized spacial score (nSPS) is 12.3. The van der Waals surface area contributed by atoms with Crippen molar-refractivity contribution in [2.24, 2.45) is 7.05 Å². The minimum atomic E-state index is 0.248. The van der Waals surface area contributed by atoms with E-state index < -0.39 is 0 Å². The number of anilines is 4. The average molecular weight is 360 g/mol. The van der Waals surface area contributed by atoms with E-state index in [9.17, 15) is 0 Å². The van der Waals surface area contributed by atoms with Gasteiger partial charge in [-0.1, -0.05) is 12.1 Å². The Morgan fingerprint density at radius 3 is 2.63 bits per heavy atom. The molecule has 0 saturated heterocycles. The lowest BCUT2D eigenvalue weighted by atomic mass is 10.3. The number of hydrogen-bond donors (Lipinski definition) is 2. The van der Waals surface area contributed by atoms with E-state index in [0.29, 0.717) is 23.3 Å². The molecule has 5 rings (SSSR count). The van der Waals surface area contributed by atoms with Gasteiger partial charge in [-0.2, -0.15) is 0 Å². The fourth-order valence-corrected chi connectivity index (χ4v) is 2.99. The van der Waals surface area contributed by atoms with Gasteiger partial charge in [-0.15, -0.1) is 0 Å². The van der Waals surface area contributed by atoms with Crippen LogP contribution >= 0.6 is 0 Å². The van der Waals surface area contributed by atoms with Crippen molar-refractivity contribution >= 4 is 34.3 Å². The zero-order valence-electron chi connectivity index (χ0n) is 14.5. The lowest BCUT2D eigenvalue weighted by molar-refractivity contribution is 0.174. The summed E-state index contributed by atoms with van der Waals surface area (Å²) in [7, 11) is 1.96. The van der Waals surface area contributed by atoms with E-state index in [1.54, 1.807) is 0 Å². The number of nitrogens with zero attached hydrogens (tertiary/aromatic N) is 4. The first kappa shape index (κ1) is 15.4. The third-order valence-electron chi connectivity index (χ3n) is 4.34. The van der Waals surface area contributed by atoms with Gasteiger partial charge in [0.05, 0.1) is 11.0 Å². The van der Waals surface area contributed by atoms with Crippen LogP contribution in [0.25, 0.3) is 11.0 Å². The van der Waals surface area contributed by atoms with Gasteiger partial charge in [0.2, 0.25) is 12.7 Å². The van der Waals surface area contributed by atoms with Crippen LogP contribution in [-0.4, -0.2) is 26.3 Å². The van der Waals surface area contributed by atoms with Crippen LogP contribution in [0.1, 0.15) is 0 Å². The van der Waals surface area contributed by atoms with Gasteiger partial charge < -0.3 is 24.7 Å². The molecule has 2 aromatic heterocycles. The number of nitrogens with one attached hydrogen (secondary N) is 2. The summed E-state index contributed by atoms with van der Waals surface area (Å²) in [6.45, 7) is 0.248. The molecule has 0 aliphatic carbocycles. The van der Waals surface area contributed by atoms with Crippen LogP contribution in [0, 0.1) is 0 Å². The van der Waals surface area contributed by atoms with Gasteiger partial charge in [-0.25, -0.2) is 15.0 Å². The highest BCUT2D eigenvalue weighted by molar-refractivity contribution is 5.79. The van der Waals surface area contributed by atoms with Crippen LogP contribution in [0.4, 0.5) is 23.3 Å². The van der Waals surface area contributed by atoms with Crippen LogP contribution in [0.5, 0.6) is 11.5 Å². The number of rotatable bonds is 4. The Hall–Kier alpha value is -3.81. The van der Waals surface area contributed by atoms with Gasteiger partial charge >= 0.3 is 0 Å². The topological polar surface area (TPSA) is 86.1 Å². The lowest BCUT2D eigenvalue weighted by Gasteiger charge is -2.09. The predicted molar refractivity (Wildman–Crippen MR) is 102 cm³/mol. The van der Waals surface area contributed by atoms with Crippen molar-refractivity contribution in [3.8, 4) is 11.5 Å². The predicted octanol–water partition coefficient (Wildman–Crippen LogP) is 3.58. The third kappa shape index (κ3) is 2.86. The fourth-order valence-electron chi connectivity index (χ4n) is 2.99. The van der Waals surface area contributed by atoms with Crippen molar-refractivity contribution in [1.82, 2.24) is 19.5 Å². The largest absolute Gasteiger partial charge is 0.454 e. The second-order valence-electron chi connectivity index (χ2n) is 6.09. The molecule has 0 spiro atoms. The highest BCUT2D eigenvalue weighted by Crippen LogP contribution is 2.35. The molecular formula is C19H16N6O2. The lowest BCUT2D eigenvalue weighted by Crippen LogP contribution is -2.02. The van der Waals surface area contributed by atoms with E-state index in [-0.39, 0.29) is 6.79 Å². The Kier molecular flexibility index (Phi) is 3.53. The number of para-hydroxylation sites is 2. The van der Waals surface area contributed by atoms with Crippen LogP contribution in [0.3, 0.4) is 0 Å². The van der Waals surface area contributed by atoms with Gasteiger partial charge in [0.1, 0.15) is 18.0 Å². The summed E-state index contributed by atoms with van der Waals surface area (Å²) in [6, 6.07) is 15.4. The molecule has 4 aromatic rings. The summed E-state index contributed by atoms with van der Waals surface area (Å²) in [6.07, 6.45) is 1.50. The number of imidazole rings is 1. The summed E-state index contributed by atoms with van der Waals surface area (Å²) in [5, 5.41) is 6.49. The minimum Gasteiger partial charge on any atom is -0.454 e. The highest BCUT2D eigenvalue weighted by atomic mass is 16.7. The summed E-state index contributed by atoms with van der Waals surface area (Å²) in [4.78, 5) is 13.2. The SMILES string of the molecule is Cn1c(Nc2cc(Nc3ccc4c(c3)OCO4)ncn2)nc2ccccc21. The van der Waals surface area contributed by atoms with Crippen molar-refractivity contribution in [2.75, 3.05) is 17.4 Å². The van der Waals surface area contributed by atoms with Gasteiger partial charge in [0.25, 0.3) is 0 Å². The first-order chi connectivity index (χ1) is 13.3. The van der Waals surface area contributed by atoms with Gasteiger partial charge in [-0.3, -0.25) is 0 Å². The Morgan fingerprint density at radius 1 is 0.926 bits per heavy atom. The van der Waals surface area contributed by atoms with E-state index in [1.807, 2.05) is 60.1 Å².